The third-order valence-electron chi connectivity index (χ3n) is 1.23. The molecule has 84 valence electrons. The van der Waals surface area contributed by atoms with Gasteiger partial charge in [-0.15, -0.1) is 5.10 Å². The van der Waals surface area contributed by atoms with Gasteiger partial charge in [0.15, 0.2) is 0 Å². The second kappa shape index (κ2) is 10.4. The van der Waals surface area contributed by atoms with E-state index in [0.29, 0.717) is 11.3 Å². The highest BCUT2D eigenvalue weighted by molar-refractivity contribution is 5.58. The number of nitrogens with zero attached hydrogens (tertiary/aromatic N) is 2. The molecule has 0 aliphatic heterocycles. The molecule has 15 heavy (non-hydrogen) atoms. The van der Waals surface area contributed by atoms with Crippen molar-refractivity contribution in [2.45, 2.75) is 27.7 Å². The quantitative estimate of drug-likeness (QED) is 0.814. The van der Waals surface area contributed by atoms with Crippen LogP contribution in [0.4, 0.5) is 0 Å². The Morgan fingerprint density at radius 2 is 1.67 bits per heavy atom. The van der Waals surface area contributed by atoms with Crippen LogP contribution in [-0.2, 0) is 0 Å². The summed E-state index contributed by atoms with van der Waals surface area (Å²) in [7, 11) is 0. The number of H-pyrrole nitrogens is 1. The molecule has 0 aromatic carbocycles. The minimum Gasteiger partial charge on any atom is -0.267 e. The Kier molecular flexibility index (Phi) is 10.9. The van der Waals surface area contributed by atoms with E-state index in [1.165, 1.54) is 12.2 Å². The van der Waals surface area contributed by atoms with E-state index in [-0.39, 0.29) is 5.56 Å². The average Bonchev–Trinajstić information content (AvgIpc) is 2.33. The maximum absolute atomic E-state index is 11.0. The summed E-state index contributed by atoms with van der Waals surface area (Å²) in [5, 5.41) is 9.18. The Balaban J connectivity index is 0. The highest BCUT2D eigenvalue weighted by atomic mass is 16.1. The number of hydrogen-bond donors (Lipinski definition) is 1. The standard InChI is InChI=1S/C7H7N3O.2C2H6/c1-3-5-6(4-2)8-10-9-7(5)11;2*1-2/h3-4H,1-2H2,(H,8,9,11);2*1-2H3. The van der Waals surface area contributed by atoms with E-state index < -0.39 is 0 Å². The lowest BCUT2D eigenvalue weighted by atomic mass is 10.2. The first-order valence-electron chi connectivity index (χ1n) is 5.00. The molecule has 1 heterocycles. The fourth-order valence-corrected chi connectivity index (χ4v) is 0.703. The predicted molar refractivity (Wildman–Crippen MR) is 65.5 cm³/mol. The van der Waals surface area contributed by atoms with Gasteiger partial charge >= 0.3 is 0 Å². The van der Waals surface area contributed by atoms with Crippen molar-refractivity contribution < 1.29 is 0 Å². The van der Waals surface area contributed by atoms with E-state index in [1.54, 1.807) is 0 Å². The maximum atomic E-state index is 11.0. The smallest absolute Gasteiger partial charge is 0.267 e. The molecule has 0 unspecified atom stereocenters. The second-order valence-corrected chi connectivity index (χ2v) is 1.85. The summed E-state index contributed by atoms with van der Waals surface area (Å²) in [5.41, 5.74) is 0.545. The first kappa shape index (κ1) is 15.7. The monoisotopic (exact) mass is 209 g/mol. The Morgan fingerprint density at radius 3 is 2.00 bits per heavy atom. The highest BCUT2D eigenvalue weighted by Crippen LogP contribution is 1.99. The van der Waals surface area contributed by atoms with Gasteiger partial charge < -0.3 is 0 Å². The van der Waals surface area contributed by atoms with Crippen LogP contribution in [0.3, 0.4) is 0 Å². The molecule has 0 bridgehead atoms. The van der Waals surface area contributed by atoms with Crippen LogP contribution in [0.25, 0.3) is 12.2 Å². The Hall–Kier alpha value is -1.71. The van der Waals surface area contributed by atoms with Crippen LogP contribution in [0.5, 0.6) is 0 Å². The summed E-state index contributed by atoms with van der Waals surface area (Å²) in [4.78, 5) is 11.0. The van der Waals surface area contributed by atoms with E-state index in [1.807, 2.05) is 27.7 Å². The molecule has 0 fully saturated rings. The molecular weight excluding hydrogens is 190 g/mol. The summed E-state index contributed by atoms with van der Waals surface area (Å²) < 4.78 is 0. The number of aromatic amines is 1. The number of hydrogen-bond acceptors (Lipinski definition) is 3. The van der Waals surface area contributed by atoms with Crippen LogP contribution in [0, 0.1) is 0 Å². The summed E-state index contributed by atoms with van der Waals surface area (Å²) in [5.74, 6) is 0. The van der Waals surface area contributed by atoms with Crippen LogP contribution in [0.15, 0.2) is 18.0 Å². The van der Waals surface area contributed by atoms with Gasteiger partial charge in [-0.25, -0.2) is 5.10 Å². The molecule has 0 aliphatic rings. The third kappa shape index (κ3) is 4.90. The molecule has 4 nitrogen and oxygen atoms in total. The molecule has 0 radical (unpaired) electrons. The van der Waals surface area contributed by atoms with Gasteiger partial charge in [-0.3, -0.25) is 4.79 Å². The van der Waals surface area contributed by atoms with Gasteiger partial charge in [0, 0.05) is 0 Å². The molecule has 1 aromatic rings. The van der Waals surface area contributed by atoms with E-state index in [4.69, 9.17) is 0 Å². The zero-order chi connectivity index (χ0) is 12.3. The van der Waals surface area contributed by atoms with Crippen LogP contribution in [0.2, 0.25) is 0 Å². The molecule has 4 heteroatoms. The summed E-state index contributed by atoms with van der Waals surface area (Å²) in [6, 6.07) is 0. The molecule has 0 aliphatic carbocycles. The number of rotatable bonds is 2. The van der Waals surface area contributed by atoms with Crippen molar-refractivity contribution in [1.82, 2.24) is 15.4 Å². The maximum Gasteiger partial charge on any atom is 0.274 e. The third-order valence-corrected chi connectivity index (χ3v) is 1.23. The first-order chi connectivity index (χ1) is 7.29. The minimum atomic E-state index is -0.301. The predicted octanol–water partition coefficient (Wildman–Crippen LogP) is 2.50. The summed E-state index contributed by atoms with van der Waals surface area (Å²) in [6.45, 7) is 14.9. The van der Waals surface area contributed by atoms with Gasteiger partial charge in [-0.05, 0) is 6.08 Å². The average molecular weight is 209 g/mol. The Labute approximate surface area is 90.7 Å². The van der Waals surface area contributed by atoms with Crippen molar-refractivity contribution in [2.75, 3.05) is 0 Å². The molecule has 0 saturated carbocycles. The zero-order valence-electron chi connectivity index (χ0n) is 9.87. The van der Waals surface area contributed by atoms with Crippen molar-refractivity contribution in [1.29, 1.82) is 0 Å². The fourth-order valence-electron chi connectivity index (χ4n) is 0.703. The zero-order valence-corrected chi connectivity index (χ0v) is 9.87. The summed E-state index contributed by atoms with van der Waals surface area (Å²) in [6.07, 6.45) is 2.88. The van der Waals surface area contributed by atoms with Gasteiger partial charge in [-0.1, -0.05) is 52.1 Å². The van der Waals surface area contributed by atoms with E-state index in [9.17, 15) is 4.79 Å². The normalized spacial score (nSPS) is 7.47. The molecule has 1 N–H and O–H groups in total. The molecule has 1 aromatic heterocycles. The second-order valence-electron chi connectivity index (χ2n) is 1.85. The highest BCUT2D eigenvalue weighted by Gasteiger charge is 2.00. The number of aromatic nitrogens is 3. The van der Waals surface area contributed by atoms with Crippen molar-refractivity contribution in [3.8, 4) is 0 Å². The molecule has 0 saturated heterocycles. The largest absolute Gasteiger partial charge is 0.274 e. The Bertz CT molecular complexity index is 342. The SMILES string of the molecule is C=Cc1nn[nH]c(=O)c1C=C.CC.CC. The first-order valence-corrected chi connectivity index (χ1v) is 5.00. The van der Waals surface area contributed by atoms with Crippen molar-refractivity contribution >= 4 is 12.2 Å². The molecular formula is C11H19N3O. The molecule has 0 atom stereocenters. The lowest BCUT2D eigenvalue weighted by Gasteiger charge is -1.93. The van der Waals surface area contributed by atoms with Crippen LogP contribution < -0.4 is 5.56 Å². The van der Waals surface area contributed by atoms with Gasteiger partial charge in [0.2, 0.25) is 0 Å². The fraction of sp³-hybridized carbons (Fsp3) is 0.364. The number of nitrogens with one attached hydrogen (secondary N) is 1. The summed E-state index contributed by atoms with van der Waals surface area (Å²) >= 11 is 0. The molecule has 0 amide bonds. The lowest BCUT2D eigenvalue weighted by molar-refractivity contribution is 0.830. The van der Waals surface area contributed by atoms with Gasteiger partial charge in [0.1, 0.15) is 0 Å². The van der Waals surface area contributed by atoms with Gasteiger partial charge in [0.05, 0.1) is 11.3 Å². The molecule has 1 rings (SSSR count). The molecule has 0 spiro atoms. The van der Waals surface area contributed by atoms with Crippen molar-refractivity contribution in [2.24, 2.45) is 0 Å². The lowest BCUT2D eigenvalue weighted by Crippen LogP contribution is -2.14. The minimum absolute atomic E-state index is 0.301. The van der Waals surface area contributed by atoms with Crippen molar-refractivity contribution in [3.63, 3.8) is 0 Å². The van der Waals surface area contributed by atoms with E-state index in [2.05, 4.69) is 28.6 Å². The van der Waals surface area contributed by atoms with E-state index >= 15 is 0 Å². The van der Waals surface area contributed by atoms with Gasteiger partial charge in [-0.2, -0.15) is 0 Å². The topological polar surface area (TPSA) is 58.6 Å². The van der Waals surface area contributed by atoms with E-state index in [0.717, 1.165) is 0 Å². The Morgan fingerprint density at radius 1 is 1.13 bits per heavy atom. The van der Waals surface area contributed by atoms with Crippen LogP contribution in [-0.4, -0.2) is 15.4 Å². The van der Waals surface area contributed by atoms with Crippen LogP contribution >= 0.6 is 0 Å². The van der Waals surface area contributed by atoms with Crippen molar-refractivity contribution in [3.05, 3.63) is 34.8 Å². The van der Waals surface area contributed by atoms with Gasteiger partial charge in [0.25, 0.3) is 5.56 Å². The van der Waals surface area contributed by atoms with Crippen LogP contribution in [0.1, 0.15) is 39.0 Å².